The Morgan fingerprint density at radius 2 is 1.69 bits per heavy atom. The van der Waals surface area contributed by atoms with Crippen LogP contribution in [0.2, 0.25) is 0 Å². The van der Waals surface area contributed by atoms with Crippen molar-refractivity contribution >= 4 is 39.7 Å². The Balaban J connectivity index is 1.50. The van der Waals surface area contributed by atoms with Crippen LogP contribution in [0.15, 0.2) is 72.8 Å². The second-order valence-corrected chi connectivity index (χ2v) is 7.84. The molecule has 0 bridgehead atoms. The normalized spacial score (nSPS) is 11.3. The Bertz CT molecular complexity index is 1320. The van der Waals surface area contributed by atoms with Crippen molar-refractivity contribution in [3.8, 4) is 0 Å². The Morgan fingerprint density at radius 1 is 0.969 bits per heavy atom. The van der Waals surface area contributed by atoms with Crippen molar-refractivity contribution in [1.29, 1.82) is 0 Å². The predicted octanol–water partition coefficient (Wildman–Crippen LogP) is 4.85. The van der Waals surface area contributed by atoms with Crippen LogP contribution in [0.3, 0.4) is 0 Å². The lowest BCUT2D eigenvalue weighted by molar-refractivity contribution is -0.125. The summed E-state index contributed by atoms with van der Waals surface area (Å²) in [5.74, 6) is -0.195. The van der Waals surface area contributed by atoms with Gasteiger partial charge in [-0.15, -0.1) is 0 Å². The number of nitrogens with one attached hydrogen (secondary N) is 1. The molecule has 5 heteroatoms. The number of para-hydroxylation sites is 1. The number of carbonyl (C=O) groups excluding carboxylic acids is 2. The van der Waals surface area contributed by atoms with E-state index in [-0.39, 0.29) is 11.8 Å². The fourth-order valence-electron chi connectivity index (χ4n) is 4.07. The van der Waals surface area contributed by atoms with Gasteiger partial charge in [-0.3, -0.25) is 9.59 Å². The summed E-state index contributed by atoms with van der Waals surface area (Å²) < 4.78 is 2.31. The zero-order chi connectivity index (χ0) is 22.7. The zero-order valence-corrected chi connectivity index (χ0v) is 18.6. The van der Waals surface area contributed by atoms with Gasteiger partial charge in [-0.05, 0) is 54.5 Å². The van der Waals surface area contributed by atoms with Gasteiger partial charge in [0.2, 0.25) is 5.91 Å². The van der Waals surface area contributed by atoms with Gasteiger partial charge in [0.1, 0.15) is 0 Å². The maximum absolute atomic E-state index is 12.6. The molecule has 0 unspecified atom stereocenters. The number of fused-ring (bicyclic) bond motifs is 3. The molecule has 5 nitrogen and oxygen atoms in total. The molecule has 0 spiro atoms. The Labute approximate surface area is 187 Å². The maximum atomic E-state index is 12.6. The van der Waals surface area contributed by atoms with E-state index in [4.69, 9.17) is 0 Å². The van der Waals surface area contributed by atoms with Crippen LogP contribution in [0.1, 0.15) is 28.4 Å². The lowest BCUT2D eigenvalue weighted by Gasteiger charge is -2.15. The van der Waals surface area contributed by atoms with E-state index in [0.717, 1.165) is 17.7 Å². The Hall–Kier alpha value is -3.86. The van der Waals surface area contributed by atoms with Crippen molar-refractivity contribution in [3.63, 3.8) is 0 Å². The maximum Gasteiger partial charge on any atom is 0.251 e. The minimum Gasteiger partial charge on any atom is -0.355 e. The lowest BCUT2D eigenvalue weighted by atomic mass is 10.1. The first kappa shape index (κ1) is 21.4. The van der Waals surface area contributed by atoms with E-state index in [1.165, 1.54) is 21.8 Å². The van der Waals surface area contributed by atoms with Gasteiger partial charge in [0.15, 0.2) is 0 Å². The van der Waals surface area contributed by atoms with Crippen LogP contribution >= 0.6 is 0 Å². The first-order valence-corrected chi connectivity index (χ1v) is 10.8. The van der Waals surface area contributed by atoms with Gasteiger partial charge >= 0.3 is 0 Å². The molecule has 4 rings (SSSR count). The fraction of sp³-hybridized carbons (Fsp3) is 0.185. The summed E-state index contributed by atoms with van der Waals surface area (Å²) in [5.41, 5.74) is 4.99. The predicted molar refractivity (Wildman–Crippen MR) is 130 cm³/mol. The quantitative estimate of drug-likeness (QED) is 0.449. The molecule has 32 heavy (non-hydrogen) atoms. The molecule has 0 atom stereocenters. The Morgan fingerprint density at radius 3 is 2.41 bits per heavy atom. The Kier molecular flexibility index (Phi) is 6.08. The summed E-state index contributed by atoms with van der Waals surface area (Å²) in [4.78, 5) is 26.0. The summed E-state index contributed by atoms with van der Waals surface area (Å²) >= 11 is 0. The molecule has 1 heterocycles. The first-order valence-electron chi connectivity index (χ1n) is 10.8. The third-order valence-electron chi connectivity index (χ3n) is 5.77. The van der Waals surface area contributed by atoms with E-state index in [0.29, 0.717) is 12.1 Å². The number of nitrogens with zero attached hydrogens (tertiary/aromatic N) is 2. The number of aryl methyl sites for hydroxylation is 1. The van der Waals surface area contributed by atoms with Crippen molar-refractivity contribution in [3.05, 3.63) is 89.5 Å². The van der Waals surface area contributed by atoms with Crippen LogP contribution < -0.4 is 5.32 Å². The highest BCUT2D eigenvalue weighted by Crippen LogP contribution is 2.30. The molecule has 0 fully saturated rings. The molecule has 0 aliphatic carbocycles. The summed E-state index contributed by atoms with van der Waals surface area (Å²) in [6.07, 6.45) is 3.48. The molecule has 0 saturated carbocycles. The molecule has 2 amide bonds. The summed E-state index contributed by atoms with van der Waals surface area (Å²) in [6.45, 7) is 3.53. The number of benzene rings is 3. The lowest BCUT2D eigenvalue weighted by Crippen LogP contribution is -2.24. The average Bonchev–Trinajstić information content (AvgIpc) is 3.15. The van der Waals surface area contributed by atoms with Crippen molar-refractivity contribution in [2.75, 3.05) is 14.1 Å². The SMILES string of the molecule is CCn1c2ccccc2c2cc(/C=C/C(=O)N(C)Cc3ccc(C(=O)NC)cc3)ccc21. The first-order chi connectivity index (χ1) is 15.5. The second kappa shape index (κ2) is 9.10. The summed E-state index contributed by atoms with van der Waals surface area (Å²) in [7, 11) is 3.38. The largest absolute Gasteiger partial charge is 0.355 e. The van der Waals surface area contributed by atoms with Gasteiger partial charge < -0.3 is 14.8 Å². The highest BCUT2D eigenvalue weighted by atomic mass is 16.2. The minimum atomic E-state index is -0.122. The third-order valence-corrected chi connectivity index (χ3v) is 5.77. The molecule has 0 aliphatic heterocycles. The molecule has 1 N–H and O–H groups in total. The van der Waals surface area contributed by atoms with Gasteiger partial charge in [-0.1, -0.05) is 36.4 Å². The van der Waals surface area contributed by atoms with Crippen molar-refractivity contribution < 1.29 is 9.59 Å². The molecular weight excluding hydrogens is 398 g/mol. The van der Waals surface area contributed by atoms with Crippen LogP contribution in [0.4, 0.5) is 0 Å². The zero-order valence-electron chi connectivity index (χ0n) is 18.6. The summed E-state index contributed by atoms with van der Waals surface area (Å²) in [5, 5.41) is 5.02. The fourth-order valence-corrected chi connectivity index (χ4v) is 4.07. The van der Waals surface area contributed by atoms with E-state index in [2.05, 4.69) is 59.3 Å². The second-order valence-electron chi connectivity index (χ2n) is 7.84. The van der Waals surface area contributed by atoms with Crippen LogP contribution in [0.5, 0.6) is 0 Å². The van der Waals surface area contributed by atoms with Gasteiger partial charge in [0.25, 0.3) is 5.91 Å². The van der Waals surface area contributed by atoms with E-state index in [1.807, 2.05) is 18.2 Å². The van der Waals surface area contributed by atoms with Gasteiger partial charge in [-0.2, -0.15) is 0 Å². The van der Waals surface area contributed by atoms with Gasteiger partial charge in [-0.25, -0.2) is 0 Å². The number of rotatable bonds is 6. The number of likely N-dealkylation sites (N-methyl/N-ethyl adjacent to an activating group) is 1. The van der Waals surface area contributed by atoms with E-state index in [1.54, 1.807) is 37.2 Å². The molecule has 3 aromatic carbocycles. The highest BCUT2D eigenvalue weighted by Gasteiger charge is 2.10. The molecular formula is C27H27N3O2. The number of aromatic nitrogens is 1. The number of hydrogen-bond donors (Lipinski definition) is 1. The third kappa shape index (κ3) is 4.14. The molecule has 162 valence electrons. The van der Waals surface area contributed by atoms with Crippen LogP contribution in [0.25, 0.3) is 27.9 Å². The van der Waals surface area contributed by atoms with Crippen LogP contribution in [-0.4, -0.2) is 35.4 Å². The standard InChI is InChI=1S/C27H27N3O2/c1-4-30-24-8-6-5-7-22(24)23-17-19(11-15-25(23)30)12-16-26(31)29(3)18-20-9-13-21(14-10-20)27(32)28-2/h5-17H,4,18H2,1-3H3,(H,28,32)/b16-12+. The van der Waals surface area contributed by atoms with Crippen LogP contribution in [0, 0.1) is 0 Å². The van der Waals surface area contributed by atoms with E-state index < -0.39 is 0 Å². The van der Waals surface area contributed by atoms with Crippen molar-refractivity contribution in [2.45, 2.75) is 20.0 Å². The van der Waals surface area contributed by atoms with Crippen molar-refractivity contribution in [1.82, 2.24) is 14.8 Å². The number of amides is 2. The molecule has 1 aromatic heterocycles. The molecule has 0 radical (unpaired) electrons. The summed E-state index contributed by atoms with van der Waals surface area (Å²) in [6, 6.07) is 22.0. The van der Waals surface area contributed by atoms with Crippen LogP contribution in [-0.2, 0) is 17.9 Å². The average molecular weight is 426 g/mol. The molecule has 0 saturated heterocycles. The molecule has 4 aromatic rings. The number of carbonyl (C=O) groups is 2. The minimum absolute atomic E-state index is 0.0727. The number of hydrogen-bond acceptors (Lipinski definition) is 2. The van der Waals surface area contributed by atoms with E-state index >= 15 is 0 Å². The smallest absolute Gasteiger partial charge is 0.251 e. The molecule has 0 aliphatic rings. The highest BCUT2D eigenvalue weighted by molar-refractivity contribution is 6.08. The van der Waals surface area contributed by atoms with Crippen molar-refractivity contribution in [2.24, 2.45) is 0 Å². The van der Waals surface area contributed by atoms with Gasteiger partial charge in [0, 0.05) is 60.6 Å². The monoisotopic (exact) mass is 425 g/mol. The van der Waals surface area contributed by atoms with E-state index in [9.17, 15) is 9.59 Å². The van der Waals surface area contributed by atoms with Gasteiger partial charge in [0.05, 0.1) is 0 Å². The topological polar surface area (TPSA) is 54.3 Å².